The summed E-state index contributed by atoms with van der Waals surface area (Å²) in [6.45, 7) is 19.0. The van der Waals surface area contributed by atoms with Crippen LogP contribution < -0.4 is 0 Å². The maximum atomic E-state index is 12.4. The summed E-state index contributed by atoms with van der Waals surface area (Å²) in [6, 6.07) is 43.0. The van der Waals surface area contributed by atoms with Crippen LogP contribution in [0.4, 0.5) is 65.9 Å². The first kappa shape index (κ1) is 81.0. The highest BCUT2D eigenvalue weighted by molar-refractivity contribution is 5.25. The maximum absolute atomic E-state index is 12.4. The molecule has 0 aliphatic carbocycles. The Morgan fingerprint density at radius 2 is 0.753 bits per heavy atom. The van der Waals surface area contributed by atoms with E-state index in [2.05, 4.69) is 24.9 Å². The van der Waals surface area contributed by atoms with Crippen LogP contribution >= 0.6 is 0 Å². The number of rotatable bonds is 0. The molecule has 0 radical (unpaired) electrons. The first-order valence-electron chi connectivity index (χ1n) is 27.8. The van der Waals surface area contributed by atoms with Gasteiger partial charge >= 0.3 is 6.18 Å². The number of hydrogen-bond donors (Lipinski definition) is 0. The average Bonchev–Trinajstić information content (AvgIpc) is 2.31. The monoisotopic (exact) mass is 1300 g/mol. The van der Waals surface area contributed by atoms with Crippen molar-refractivity contribution in [1.29, 1.82) is 0 Å². The fourth-order valence-corrected chi connectivity index (χ4v) is 6.02. The Kier molecular flexibility index (Phi) is 38.8. The van der Waals surface area contributed by atoms with E-state index in [4.69, 9.17) is 0 Å². The lowest BCUT2D eigenvalue weighted by atomic mass is 10.1. The van der Waals surface area contributed by atoms with Crippen molar-refractivity contribution in [2.75, 3.05) is 0 Å². The average molecular weight is 1300 g/mol. The Morgan fingerprint density at radius 3 is 1.12 bits per heavy atom. The van der Waals surface area contributed by atoms with E-state index in [1.807, 2.05) is 83.3 Å². The Hall–Kier alpha value is -9.98. The molecule has 0 aliphatic rings. The SMILES string of the molecule is Cc1c(F)cc(F)cc1F.Cc1c(F)cccc1F.Cc1cc(F)ccc1F.Cc1ccc(F)c(F)c1.Cc1ccc(F)cc1.Cc1ccc(F)cc1F.Cc1cccc(C(F)(F)F)c1.Cc1ccccn1.Cc1cccnc1.Cc1ccncc1.Cc1ncccn1. The summed E-state index contributed by atoms with van der Waals surface area (Å²) in [7, 11) is 0. The molecule has 0 unspecified atom stereocenters. The third-order valence-corrected chi connectivity index (χ3v) is 11.3. The molecule has 20 heteroatoms. The molecular weight excluding hydrogens is 1230 g/mol. The number of halogens is 15. The molecule has 0 saturated carbocycles. The van der Waals surface area contributed by atoms with E-state index < -0.39 is 69.9 Å². The first-order valence-corrected chi connectivity index (χ1v) is 27.8. The fraction of sp³-hybridized carbons (Fsp3) is 0.164. The Balaban J connectivity index is 0.000000513. The van der Waals surface area contributed by atoms with Crippen molar-refractivity contribution in [3.05, 3.63) is 362 Å². The summed E-state index contributed by atoms with van der Waals surface area (Å²) in [5, 5.41) is 0. The van der Waals surface area contributed by atoms with Gasteiger partial charge in [-0.3, -0.25) is 15.0 Å². The molecule has 0 fully saturated rings. The van der Waals surface area contributed by atoms with Crippen LogP contribution in [0.15, 0.2) is 225 Å². The fourth-order valence-electron chi connectivity index (χ4n) is 6.02. The summed E-state index contributed by atoms with van der Waals surface area (Å²) in [5.74, 6) is -6.27. The highest BCUT2D eigenvalue weighted by Crippen LogP contribution is 2.29. The van der Waals surface area contributed by atoms with Gasteiger partial charge in [0, 0.05) is 78.4 Å². The summed E-state index contributed by atoms with van der Waals surface area (Å²) in [5.41, 5.74) is 6.14. The number of aryl methyl sites for hydroxylation is 9. The third-order valence-electron chi connectivity index (χ3n) is 11.3. The minimum absolute atomic E-state index is 0.0810. The molecule has 0 aliphatic heterocycles. The van der Waals surface area contributed by atoms with Gasteiger partial charge in [0.2, 0.25) is 0 Å². The first-order chi connectivity index (χ1) is 43.8. The molecule has 0 saturated heterocycles. The van der Waals surface area contributed by atoms with Gasteiger partial charge in [0.05, 0.1) is 5.56 Å². The van der Waals surface area contributed by atoms with Gasteiger partial charge in [-0.1, -0.05) is 71.8 Å². The largest absolute Gasteiger partial charge is 0.416 e. The Labute approximate surface area is 533 Å². The van der Waals surface area contributed by atoms with Crippen molar-refractivity contribution in [2.24, 2.45) is 0 Å². The molecule has 7 aromatic carbocycles. The van der Waals surface area contributed by atoms with Gasteiger partial charge in [0.25, 0.3) is 0 Å². The lowest BCUT2D eigenvalue weighted by Gasteiger charge is -2.05. The zero-order chi connectivity index (χ0) is 70.1. The maximum Gasteiger partial charge on any atom is 0.416 e. The molecule has 93 heavy (non-hydrogen) atoms. The van der Waals surface area contributed by atoms with Crippen LogP contribution in [0.2, 0.25) is 0 Å². The predicted octanol–water partition coefficient (Wildman–Crippen LogP) is 21.6. The quantitative estimate of drug-likeness (QED) is 0.142. The molecule has 492 valence electrons. The van der Waals surface area contributed by atoms with Crippen LogP contribution in [0.5, 0.6) is 0 Å². The molecular formula is C73H70F15N5. The molecule has 0 spiro atoms. The van der Waals surface area contributed by atoms with E-state index in [-0.39, 0.29) is 22.8 Å². The second kappa shape index (κ2) is 44.5. The molecule has 4 aromatic heterocycles. The van der Waals surface area contributed by atoms with Crippen LogP contribution in [0.1, 0.15) is 67.2 Å². The van der Waals surface area contributed by atoms with Crippen LogP contribution in [0.25, 0.3) is 0 Å². The highest BCUT2D eigenvalue weighted by Gasteiger charge is 2.30. The highest BCUT2D eigenvalue weighted by atomic mass is 19.4. The van der Waals surface area contributed by atoms with Gasteiger partial charge in [0.1, 0.15) is 64.0 Å². The minimum Gasteiger partial charge on any atom is -0.265 e. The minimum atomic E-state index is -4.22. The van der Waals surface area contributed by atoms with Gasteiger partial charge in [-0.15, -0.1) is 0 Å². The van der Waals surface area contributed by atoms with E-state index in [1.54, 1.807) is 82.2 Å². The van der Waals surface area contributed by atoms with Crippen molar-refractivity contribution in [1.82, 2.24) is 24.9 Å². The van der Waals surface area contributed by atoms with Crippen LogP contribution in [-0.4, -0.2) is 24.9 Å². The number of nitrogens with zero attached hydrogens (tertiary/aromatic N) is 5. The van der Waals surface area contributed by atoms with Crippen molar-refractivity contribution in [3.8, 4) is 0 Å². The van der Waals surface area contributed by atoms with E-state index in [0.29, 0.717) is 28.8 Å². The number of hydrogen-bond acceptors (Lipinski definition) is 5. The number of alkyl halides is 3. The molecule has 0 amide bonds. The molecule has 11 rings (SSSR count). The van der Waals surface area contributed by atoms with Crippen LogP contribution in [0.3, 0.4) is 0 Å². The summed E-state index contributed by atoms with van der Waals surface area (Å²) >= 11 is 0. The summed E-state index contributed by atoms with van der Waals surface area (Å²) in [4.78, 5) is 19.4. The van der Waals surface area contributed by atoms with Gasteiger partial charge in [-0.2, -0.15) is 13.2 Å². The number of benzene rings is 7. The van der Waals surface area contributed by atoms with Gasteiger partial charge in [-0.25, -0.2) is 62.7 Å². The van der Waals surface area contributed by atoms with Crippen molar-refractivity contribution >= 4 is 0 Å². The van der Waals surface area contributed by atoms with E-state index >= 15 is 0 Å². The van der Waals surface area contributed by atoms with Crippen LogP contribution in [-0.2, 0) is 6.18 Å². The van der Waals surface area contributed by atoms with Crippen molar-refractivity contribution in [3.63, 3.8) is 0 Å². The lowest BCUT2D eigenvalue weighted by molar-refractivity contribution is -0.137. The number of aromatic nitrogens is 5. The molecule has 0 bridgehead atoms. The zero-order valence-corrected chi connectivity index (χ0v) is 52.8. The lowest BCUT2D eigenvalue weighted by Crippen LogP contribution is -2.04. The normalized spacial score (nSPS) is 9.61. The summed E-state index contributed by atoms with van der Waals surface area (Å²) < 4.78 is 183. The van der Waals surface area contributed by atoms with Gasteiger partial charge < -0.3 is 0 Å². The molecule has 5 nitrogen and oxygen atoms in total. The predicted molar refractivity (Wildman–Crippen MR) is 336 cm³/mol. The van der Waals surface area contributed by atoms with E-state index in [9.17, 15) is 65.9 Å². The Bertz CT molecular complexity index is 3500. The van der Waals surface area contributed by atoms with Gasteiger partial charge in [-0.05, 0) is 207 Å². The van der Waals surface area contributed by atoms with Crippen molar-refractivity contribution in [2.45, 2.75) is 82.3 Å². The zero-order valence-electron chi connectivity index (χ0n) is 52.8. The second-order valence-electron chi connectivity index (χ2n) is 19.5. The van der Waals surface area contributed by atoms with Crippen LogP contribution in [0, 0.1) is 146 Å². The van der Waals surface area contributed by atoms with Crippen molar-refractivity contribution < 1.29 is 65.9 Å². The van der Waals surface area contributed by atoms with Gasteiger partial charge in [0.15, 0.2) is 11.6 Å². The second-order valence-corrected chi connectivity index (χ2v) is 19.5. The Morgan fingerprint density at radius 1 is 0.269 bits per heavy atom. The standard InChI is InChI=1S/C8H7F3.C7H5F3.4C7H6F2.C7H7F.3C6H7N.C5H6N2/c1-6-3-2-4-7(5-6)8(9,10)11;1-4-6(9)2-5(8)3-7(4)10;1-5-4-6(8)2-3-7(5)9;1-5-2-3-6(8)4-7(5)9;1-5-2-3-6(8)7(9)4-5;1-5-6(8)3-2-4-7(5)9;1-6-2-4-7(8)5-3-6;1-6-2-4-7-5-3-6;1-6-3-2-4-7-5-6;1-6-4-2-3-5-7-6;1-5-6-3-2-4-7-5/h2-5H,1H3;2-3H,1H3;4*2-4H,1H3;2-5H,1H3;3*2-5H,1H3;2-4H,1H3. The molecule has 4 heterocycles. The molecule has 0 atom stereocenters. The molecule has 11 aromatic rings. The van der Waals surface area contributed by atoms with E-state index in [1.165, 1.54) is 86.5 Å². The third kappa shape index (κ3) is 38.4. The van der Waals surface area contributed by atoms with E-state index in [0.717, 1.165) is 71.2 Å². The smallest absolute Gasteiger partial charge is 0.265 e. The summed E-state index contributed by atoms with van der Waals surface area (Å²) in [6.07, 6.45) is 8.20. The molecule has 0 N–H and O–H groups in total. The topological polar surface area (TPSA) is 64.5 Å². The number of pyridine rings is 3.